The average Bonchev–Trinajstić information content (AvgIpc) is 2.84. The number of anilines is 4. The minimum atomic E-state index is -0.532. The Morgan fingerprint density at radius 2 is 2.00 bits per heavy atom. The van der Waals surface area contributed by atoms with Crippen LogP contribution in [0.2, 0.25) is 0 Å². The molecular formula is C15H19N3O2S. The number of nitrogens with two attached hydrogens (primary N) is 1. The Morgan fingerprint density at radius 1 is 1.24 bits per heavy atom. The number of carbonyl (C=O) groups is 1. The van der Waals surface area contributed by atoms with Gasteiger partial charge in [-0.2, -0.15) is 11.3 Å². The quantitative estimate of drug-likeness (QED) is 0.734. The van der Waals surface area contributed by atoms with Gasteiger partial charge >= 0.3 is 6.09 Å². The van der Waals surface area contributed by atoms with Gasteiger partial charge in [-0.3, -0.25) is 5.32 Å². The fourth-order valence-corrected chi connectivity index (χ4v) is 2.24. The van der Waals surface area contributed by atoms with E-state index in [4.69, 9.17) is 10.5 Å². The second-order valence-corrected chi connectivity index (χ2v) is 6.35. The lowest BCUT2D eigenvalue weighted by atomic mass is 10.2. The Labute approximate surface area is 128 Å². The van der Waals surface area contributed by atoms with Crippen molar-refractivity contribution >= 4 is 40.2 Å². The molecule has 0 fully saturated rings. The predicted octanol–water partition coefficient (Wildman–Crippen LogP) is 4.42. The van der Waals surface area contributed by atoms with Gasteiger partial charge in [0, 0.05) is 16.8 Å². The van der Waals surface area contributed by atoms with Crippen LogP contribution in [0.4, 0.5) is 27.5 Å². The number of nitrogens with one attached hydrogen (secondary N) is 2. The molecule has 2 rings (SSSR count). The molecule has 0 aliphatic heterocycles. The summed E-state index contributed by atoms with van der Waals surface area (Å²) in [6.45, 7) is 5.46. The molecule has 0 saturated carbocycles. The maximum absolute atomic E-state index is 11.8. The lowest BCUT2D eigenvalue weighted by Crippen LogP contribution is -2.27. The Hall–Kier alpha value is -2.21. The topological polar surface area (TPSA) is 76.4 Å². The van der Waals surface area contributed by atoms with Gasteiger partial charge in [0.15, 0.2) is 0 Å². The predicted molar refractivity (Wildman–Crippen MR) is 88.3 cm³/mol. The zero-order valence-corrected chi connectivity index (χ0v) is 13.1. The van der Waals surface area contributed by atoms with Gasteiger partial charge in [-0.05, 0) is 50.4 Å². The van der Waals surface area contributed by atoms with Crippen molar-refractivity contribution < 1.29 is 9.53 Å². The number of ether oxygens (including phenoxy) is 1. The van der Waals surface area contributed by atoms with Crippen LogP contribution in [0.3, 0.4) is 0 Å². The summed E-state index contributed by atoms with van der Waals surface area (Å²) < 4.78 is 5.22. The van der Waals surface area contributed by atoms with E-state index in [0.717, 1.165) is 11.4 Å². The summed E-state index contributed by atoms with van der Waals surface area (Å²) in [6, 6.07) is 7.20. The van der Waals surface area contributed by atoms with E-state index in [1.807, 2.05) is 37.6 Å². The third-order valence-corrected chi connectivity index (χ3v) is 3.18. The first-order valence-electron chi connectivity index (χ1n) is 6.52. The lowest BCUT2D eigenvalue weighted by molar-refractivity contribution is 0.0636. The molecule has 6 heteroatoms. The highest BCUT2D eigenvalue weighted by Gasteiger charge is 2.16. The number of hydrogen-bond acceptors (Lipinski definition) is 5. The van der Waals surface area contributed by atoms with E-state index in [2.05, 4.69) is 10.6 Å². The summed E-state index contributed by atoms with van der Waals surface area (Å²) in [7, 11) is 0. The summed E-state index contributed by atoms with van der Waals surface area (Å²) in [6.07, 6.45) is -0.492. The second-order valence-electron chi connectivity index (χ2n) is 5.57. The zero-order valence-electron chi connectivity index (χ0n) is 12.3. The first kappa shape index (κ1) is 15.2. The Bertz CT molecular complexity index is 618. The third-order valence-electron chi connectivity index (χ3n) is 2.50. The fraction of sp³-hybridized carbons (Fsp3) is 0.267. The van der Waals surface area contributed by atoms with Gasteiger partial charge in [0.25, 0.3) is 0 Å². The summed E-state index contributed by atoms with van der Waals surface area (Å²) in [5.74, 6) is 0. The number of hydrogen-bond donors (Lipinski definition) is 3. The number of nitrogen functional groups attached to an aromatic ring is 1. The van der Waals surface area contributed by atoms with Crippen molar-refractivity contribution in [3.63, 3.8) is 0 Å². The van der Waals surface area contributed by atoms with Crippen LogP contribution in [-0.4, -0.2) is 11.7 Å². The molecule has 0 radical (unpaired) electrons. The van der Waals surface area contributed by atoms with E-state index in [0.29, 0.717) is 11.4 Å². The minimum absolute atomic E-state index is 0.492. The van der Waals surface area contributed by atoms with Crippen LogP contribution in [0.5, 0.6) is 0 Å². The van der Waals surface area contributed by atoms with Crippen LogP contribution in [0.15, 0.2) is 35.0 Å². The molecule has 21 heavy (non-hydrogen) atoms. The number of thiophene rings is 1. The smallest absolute Gasteiger partial charge is 0.412 e. The number of rotatable bonds is 3. The van der Waals surface area contributed by atoms with Crippen LogP contribution < -0.4 is 16.4 Å². The van der Waals surface area contributed by atoms with Gasteiger partial charge < -0.3 is 15.8 Å². The molecule has 0 aliphatic rings. The van der Waals surface area contributed by atoms with Crippen molar-refractivity contribution in [3.05, 3.63) is 35.0 Å². The van der Waals surface area contributed by atoms with Crippen molar-refractivity contribution in [1.82, 2.24) is 0 Å². The molecular weight excluding hydrogens is 286 g/mol. The van der Waals surface area contributed by atoms with Crippen molar-refractivity contribution in [3.8, 4) is 0 Å². The summed E-state index contributed by atoms with van der Waals surface area (Å²) in [5, 5.41) is 9.85. The molecule has 1 aromatic carbocycles. The van der Waals surface area contributed by atoms with E-state index in [1.54, 1.807) is 29.5 Å². The van der Waals surface area contributed by atoms with Gasteiger partial charge in [0.1, 0.15) is 5.60 Å². The van der Waals surface area contributed by atoms with Crippen molar-refractivity contribution in [2.45, 2.75) is 26.4 Å². The van der Waals surface area contributed by atoms with Crippen molar-refractivity contribution in [2.75, 3.05) is 16.4 Å². The molecule has 112 valence electrons. The number of benzene rings is 1. The average molecular weight is 305 g/mol. The third kappa shape index (κ3) is 4.68. The van der Waals surface area contributed by atoms with E-state index >= 15 is 0 Å². The highest BCUT2D eigenvalue weighted by Crippen LogP contribution is 2.27. The molecule has 0 bridgehead atoms. The molecule has 0 saturated heterocycles. The van der Waals surface area contributed by atoms with Gasteiger partial charge in [-0.15, -0.1) is 0 Å². The SMILES string of the molecule is CC(C)(C)OC(=O)Nc1ccc(N)c(Nc2ccsc2)c1. The van der Waals surface area contributed by atoms with Crippen LogP contribution in [0.25, 0.3) is 0 Å². The summed E-state index contributed by atoms with van der Waals surface area (Å²) >= 11 is 1.59. The van der Waals surface area contributed by atoms with Gasteiger partial charge in [-0.1, -0.05) is 0 Å². The maximum Gasteiger partial charge on any atom is 0.412 e. The van der Waals surface area contributed by atoms with Crippen molar-refractivity contribution in [1.29, 1.82) is 0 Å². The molecule has 0 unspecified atom stereocenters. The molecule has 1 amide bonds. The maximum atomic E-state index is 11.8. The van der Waals surface area contributed by atoms with E-state index < -0.39 is 11.7 Å². The van der Waals surface area contributed by atoms with E-state index in [-0.39, 0.29) is 0 Å². The molecule has 5 nitrogen and oxygen atoms in total. The van der Waals surface area contributed by atoms with E-state index in [9.17, 15) is 4.79 Å². The molecule has 2 aromatic rings. The van der Waals surface area contributed by atoms with Crippen LogP contribution in [-0.2, 0) is 4.74 Å². The Balaban J connectivity index is 2.09. The molecule has 0 atom stereocenters. The Kier molecular flexibility index (Phi) is 4.37. The minimum Gasteiger partial charge on any atom is -0.444 e. The second kappa shape index (κ2) is 6.05. The molecule has 1 heterocycles. The highest BCUT2D eigenvalue weighted by atomic mass is 32.1. The van der Waals surface area contributed by atoms with Crippen LogP contribution in [0, 0.1) is 0 Å². The van der Waals surface area contributed by atoms with Gasteiger partial charge in [-0.25, -0.2) is 4.79 Å². The first-order chi connectivity index (χ1) is 9.83. The van der Waals surface area contributed by atoms with E-state index in [1.165, 1.54) is 0 Å². The fourth-order valence-electron chi connectivity index (χ4n) is 1.65. The number of carbonyl (C=O) groups excluding carboxylic acids is 1. The first-order valence-corrected chi connectivity index (χ1v) is 7.46. The lowest BCUT2D eigenvalue weighted by Gasteiger charge is -2.20. The summed E-state index contributed by atoms with van der Waals surface area (Å²) in [4.78, 5) is 11.8. The van der Waals surface area contributed by atoms with Crippen LogP contribution in [0.1, 0.15) is 20.8 Å². The molecule has 1 aromatic heterocycles. The largest absolute Gasteiger partial charge is 0.444 e. The van der Waals surface area contributed by atoms with Crippen LogP contribution >= 0.6 is 11.3 Å². The van der Waals surface area contributed by atoms with Gasteiger partial charge in [0.05, 0.1) is 11.4 Å². The summed E-state index contributed by atoms with van der Waals surface area (Å²) in [5.41, 5.74) is 8.33. The standard InChI is InChI=1S/C15H19N3O2S/c1-15(2,3)20-14(19)18-10-4-5-12(16)13(8-10)17-11-6-7-21-9-11/h4-9,17H,16H2,1-3H3,(H,18,19). The Morgan fingerprint density at radius 3 is 2.62 bits per heavy atom. The monoisotopic (exact) mass is 305 g/mol. The molecule has 0 aliphatic carbocycles. The molecule has 4 N–H and O–H groups in total. The van der Waals surface area contributed by atoms with Crippen molar-refractivity contribution in [2.24, 2.45) is 0 Å². The number of amides is 1. The van der Waals surface area contributed by atoms with Gasteiger partial charge in [0.2, 0.25) is 0 Å². The highest BCUT2D eigenvalue weighted by molar-refractivity contribution is 7.08. The normalized spacial score (nSPS) is 11.0. The zero-order chi connectivity index (χ0) is 15.5. The molecule has 0 spiro atoms.